The monoisotopic (exact) mass is 707 g/mol. The van der Waals surface area contributed by atoms with Gasteiger partial charge in [0.25, 0.3) is 0 Å². The number of ether oxygens (including phenoxy) is 1. The topological polar surface area (TPSA) is 35.0 Å². The van der Waals surface area contributed by atoms with Gasteiger partial charge >= 0.3 is 21.1 Å². The molecule has 2 aliphatic heterocycles. The fraction of sp³-hybridized carbons (Fsp3) is 0.0811. The molecule has 2 aromatic heterocycles. The van der Waals surface area contributed by atoms with Crippen molar-refractivity contribution >= 4 is 0 Å². The van der Waals surface area contributed by atoms with Crippen molar-refractivity contribution in [3.05, 3.63) is 167 Å². The van der Waals surface area contributed by atoms with Crippen LogP contribution >= 0.6 is 0 Å². The van der Waals surface area contributed by atoms with Gasteiger partial charge in [0.15, 0.2) is 0 Å². The van der Waals surface area contributed by atoms with Gasteiger partial charge in [0, 0.05) is 11.1 Å². The van der Waals surface area contributed by atoms with E-state index < -0.39 is 5.41 Å². The summed E-state index contributed by atoms with van der Waals surface area (Å²) in [4.78, 5) is 10.8. The molecule has 0 fully saturated rings. The fourth-order valence-electron chi connectivity index (χ4n) is 6.16. The summed E-state index contributed by atoms with van der Waals surface area (Å²) in [6.45, 7) is 0. The van der Waals surface area contributed by atoms with Gasteiger partial charge in [0.05, 0.1) is 11.4 Å². The molecule has 0 amide bonds. The Bertz CT molecular complexity index is 1780. The summed E-state index contributed by atoms with van der Waals surface area (Å²) in [7, 11) is 0. The van der Waals surface area contributed by atoms with Gasteiger partial charge in [-0.3, -0.25) is 9.97 Å². The number of benzene rings is 4. The van der Waals surface area contributed by atoms with Crippen LogP contribution in [0.2, 0.25) is 0 Å². The Morgan fingerprint density at radius 3 is 1.49 bits per heavy atom. The van der Waals surface area contributed by atoms with Crippen LogP contribution in [0.25, 0.3) is 22.5 Å². The van der Waals surface area contributed by atoms with Gasteiger partial charge in [-0.25, -0.2) is 0 Å². The van der Waals surface area contributed by atoms with Gasteiger partial charge in [-0.05, 0) is 48.5 Å². The zero-order chi connectivity index (χ0) is 26.5. The molecule has 41 heavy (non-hydrogen) atoms. The summed E-state index contributed by atoms with van der Waals surface area (Å²) in [6, 6.07) is 49.1. The summed E-state index contributed by atoms with van der Waals surface area (Å²) in [5.41, 5.74) is 9.08. The van der Waals surface area contributed by atoms with E-state index in [9.17, 15) is 0 Å². The average molecular weight is 708 g/mol. The summed E-state index contributed by atoms with van der Waals surface area (Å²) < 4.78 is 6.48. The van der Waals surface area contributed by atoms with Gasteiger partial charge in [0.2, 0.25) is 0 Å². The smallest absolute Gasteiger partial charge is 0.457 e. The molecule has 2 aliphatic rings. The van der Waals surface area contributed by atoms with Crippen LogP contribution in [0.3, 0.4) is 0 Å². The summed E-state index contributed by atoms with van der Waals surface area (Å²) >= 11 is 0. The van der Waals surface area contributed by atoms with E-state index >= 15 is 0 Å². The summed E-state index contributed by atoms with van der Waals surface area (Å²) in [6.07, 6.45) is 1.76. The number of nitrogens with zero attached hydrogens (tertiary/aromatic N) is 2. The van der Waals surface area contributed by atoms with E-state index in [0.29, 0.717) is 0 Å². The van der Waals surface area contributed by atoms with Crippen molar-refractivity contribution in [3.63, 3.8) is 0 Å². The van der Waals surface area contributed by atoms with Crippen molar-refractivity contribution < 1.29 is 25.8 Å². The Kier molecular flexibility index (Phi) is 6.41. The van der Waals surface area contributed by atoms with Crippen LogP contribution in [0, 0.1) is 12.1 Å². The van der Waals surface area contributed by atoms with Gasteiger partial charge in [0.1, 0.15) is 16.9 Å². The van der Waals surface area contributed by atoms with Crippen molar-refractivity contribution in [2.45, 2.75) is 18.3 Å². The number of fused-ring (bicyclic) bond motifs is 16. The van der Waals surface area contributed by atoms with Crippen molar-refractivity contribution in [2.75, 3.05) is 0 Å². The molecule has 8 bridgehead atoms. The molecule has 4 heterocycles. The SMILES string of the molecule is [Pt+2].[c-]1c2cccc1-c1cccc(n1)C1(c3cccc(n3)-c3[c-]c(ccc3)CC2)c2ccccc2Oc2ccccc21. The number of aryl methyl sites for hydroxylation is 2. The fourth-order valence-corrected chi connectivity index (χ4v) is 6.16. The second kappa shape index (κ2) is 10.3. The van der Waals surface area contributed by atoms with Crippen LogP contribution in [-0.4, -0.2) is 9.97 Å². The third kappa shape index (κ3) is 4.15. The average Bonchev–Trinajstić information content (AvgIpc) is 3.03. The maximum atomic E-state index is 6.48. The van der Waals surface area contributed by atoms with E-state index in [1.807, 2.05) is 24.3 Å². The van der Waals surface area contributed by atoms with Crippen molar-refractivity contribution in [1.82, 2.24) is 9.97 Å². The first kappa shape index (κ1) is 25.6. The minimum atomic E-state index is -0.799. The third-order valence-electron chi connectivity index (χ3n) is 8.00. The standard InChI is InChI=1S/C37H24N2O.Pt/c1-3-17-33-29(13-1)37(30-14-2-4-18-34(30)40-33)35-19-7-15-31(38-35)27-11-5-9-25(23-27)21-22-26-10-6-12-28(24-26)32-16-8-20-36(37)39-32;/h1-20H,21-22H2;/q-2;+2. The van der Waals surface area contributed by atoms with E-state index in [0.717, 1.165) is 80.5 Å². The molecule has 0 aliphatic carbocycles. The van der Waals surface area contributed by atoms with Crippen molar-refractivity contribution in [1.29, 1.82) is 0 Å². The maximum absolute atomic E-state index is 6.48. The first-order valence-electron chi connectivity index (χ1n) is 13.6. The second-order valence-corrected chi connectivity index (χ2v) is 10.3. The van der Waals surface area contributed by atoms with E-state index in [2.05, 4.69) is 109 Å². The molecule has 3 nitrogen and oxygen atoms in total. The number of pyridine rings is 2. The Labute approximate surface area is 254 Å². The van der Waals surface area contributed by atoms with E-state index in [-0.39, 0.29) is 21.1 Å². The number of rotatable bonds is 0. The largest absolute Gasteiger partial charge is 2.00 e. The van der Waals surface area contributed by atoms with E-state index in [1.54, 1.807) is 0 Å². The van der Waals surface area contributed by atoms with Gasteiger partial charge < -0.3 is 4.74 Å². The molecule has 198 valence electrons. The molecule has 0 radical (unpaired) electrons. The van der Waals surface area contributed by atoms with E-state index in [4.69, 9.17) is 14.7 Å². The van der Waals surface area contributed by atoms with Crippen LogP contribution in [0.4, 0.5) is 0 Å². The molecular formula is C37H24N2OPt. The number of hydrogen-bond donors (Lipinski definition) is 0. The van der Waals surface area contributed by atoms with Crippen molar-refractivity contribution in [2.24, 2.45) is 0 Å². The molecule has 4 heteroatoms. The van der Waals surface area contributed by atoms with Crippen LogP contribution in [0.1, 0.15) is 33.6 Å². The van der Waals surface area contributed by atoms with Crippen LogP contribution in [0.15, 0.2) is 121 Å². The Hall–Kier alpha value is -4.33. The summed E-state index contributed by atoms with van der Waals surface area (Å²) in [5.74, 6) is 1.61. The quantitative estimate of drug-likeness (QED) is 0.150. The van der Waals surface area contributed by atoms with Gasteiger partial charge in [-0.15, -0.1) is 70.8 Å². The first-order valence-corrected chi connectivity index (χ1v) is 13.6. The number of para-hydroxylation sites is 2. The Balaban J connectivity index is 0.00000276. The normalized spacial score (nSPS) is 13.9. The molecule has 4 aromatic carbocycles. The molecular weight excluding hydrogens is 683 g/mol. The Morgan fingerprint density at radius 2 is 0.976 bits per heavy atom. The number of aromatic nitrogens is 2. The molecule has 0 saturated carbocycles. The minimum Gasteiger partial charge on any atom is -0.457 e. The van der Waals surface area contributed by atoms with Gasteiger partial charge in [-0.1, -0.05) is 60.7 Å². The van der Waals surface area contributed by atoms with Crippen LogP contribution < -0.4 is 4.74 Å². The maximum Gasteiger partial charge on any atom is 2.00 e. The minimum absolute atomic E-state index is 0. The molecule has 0 atom stereocenters. The third-order valence-corrected chi connectivity index (χ3v) is 8.00. The van der Waals surface area contributed by atoms with E-state index in [1.165, 1.54) is 0 Å². The summed E-state index contributed by atoms with van der Waals surface area (Å²) in [5, 5.41) is 0. The van der Waals surface area contributed by atoms with Crippen molar-refractivity contribution in [3.8, 4) is 34.0 Å². The molecule has 0 unspecified atom stereocenters. The zero-order valence-electron chi connectivity index (χ0n) is 22.1. The Morgan fingerprint density at radius 1 is 0.512 bits per heavy atom. The predicted molar refractivity (Wildman–Crippen MR) is 156 cm³/mol. The molecule has 0 saturated heterocycles. The first-order chi connectivity index (χ1) is 19.8. The molecule has 8 rings (SSSR count). The molecule has 1 spiro atoms. The number of hydrogen-bond acceptors (Lipinski definition) is 3. The second-order valence-electron chi connectivity index (χ2n) is 10.3. The van der Waals surface area contributed by atoms with Gasteiger partial charge in [-0.2, -0.15) is 0 Å². The zero-order valence-corrected chi connectivity index (χ0v) is 24.4. The van der Waals surface area contributed by atoms with Crippen LogP contribution in [-0.2, 0) is 39.3 Å². The predicted octanol–water partition coefficient (Wildman–Crippen LogP) is 8.00. The molecule has 0 N–H and O–H groups in total. The molecule has 6 aromatic rings. The van der Waals surface area contributed by atoms with Crippen LogP contribution in [0.5, 0.6) is 11.5 Å².